The van der Waals surface area contributed by atoms with Crippen molar-refractivity contribution in [3.63, 3.8) is 0 Å². The summed E-state index contributed by atoms with van der Waals surface area (Å²) >= 11 is 0. The molecule has 1 amide bonds. The van der Waals surface area contributed by atoms with Crippen LogP contribution in [0.25, 0.3) is 17.1 Å². The summed E-state index contributed by atoms with van der Waals surface area (Å²) in [4.78, 5) is 17.1. The number of methoxy groups -OCH3 is 1. The van der Waals surface area contributed by atoms with E-state index in [1.807, 2.05) is 13.8 Å². The molecule has 0 bridgehead atoms. The quantitative estimate of drug-likeness (QED) is 0.303. The Morgan fingerprint density at radius 3 is 2.43 bits per heavy atom. The number of nitrogens with one attached hydrogen (secondary N) is 1. The molecule has 0 atom stereocenters. The molecule has 0 spiro atoms. The van der Waals surface area contributed by atoms with Crippen LogP contribution >= 0.6 is 0 Å². The smallest absolute Gasteiger partial charge is 0.416 e. The van der Waals surface area contributed by atoms with E-state index in [-0.39, 0.29) is 29.2 Å². The van der Waals surface area contributed by atoms with E-state index < -0.39 is 11.7 Å². The van der Waals surface area contributed by atoms with Crippen molar-refractivity contribution >= 4 is 11.6 Å². The zero-order valence-corrected chi connectivity index (χ0v) is 20.4. The summed E-state index contributed by atoms with van der Waals surface area (Å²) in [7, 11) is 1.54. The van der Waals surface area contributed by atoms with Crippen LogP contribution in [0.4, 0.5) is 18.9 Å². The van der Waals surface area contributed by atoms with Crippen LogP contribution in [0.2, 0.25) is 0 Å². The number of carbonyl (C=O) groups is 1. The summed E-state index contributed by atoms with van der Waals surface area (Å²) in [6.45, 7) is 4.25. The lowest BCUT2D eigenvalue weighted by Gasteiger charge is -2.11. The number of hydrogen-bond donors (Lipinski definition) is 1. The number of amides is 1. The molecule has 0 aliphatic carbocycles. The number of benzene rings is 3. The number of alkyl halides is 3. The van der Waals surface area contributed by atoms with Crippen LogP contribution < -0.4 is 14.8 Å². The standard InChI is InChI=1S/C27H25F3N4O3/c1-17(2)16-37-26-32-24(19-6-4-7-20(14-19)27(28,29)30)34(33-26)22-9-5-8-21(15-22)31-25(35)18-10-12-23(36-3)13-11-18/h4-15,17H,16H2,1-3H3,(H,31,35). The van der Waals surface area contributed by atoms with Gasteiger partial charge in [-0.15, -0.1) is 5.10 Å². The number of anilines is 1. The minimum Gasteiger partial charge on any atom is -0.497 e. The van der Waals surface area contributed by atoms with E-state index in [1.54, 1.807) is 48.5 Å². The monoisotopic (exact) mass is 510 g/mol. The maximum atomic E-state index is 13.4. The molecule has 4 aromatic rings. The highest BCUT2D eigenvalue weighted by Crippen LogP contribution is 2.33. The second-order valence-corrected chi connectivity index (χ2v) is 8.65. The highest BCUT2D eigenvalue weighted by molar-refractivity contribution is 6.04. The van der Waals surface area contributed by atoms with Crippen LogP contribution in [-0.4, -0.2) is 34.4 Å². The van der Waals surface area contributed by atoms with Crippen molar-refractivity contribution < 1.29 is 27.4 Å². The summed E-state index contributed by atoms with van der Waals surface area (Å²) in [6, 6.07) is 18.3. The predicted octanol–water partition coefficient (Wildman–Crippen LogP) is 6.25. The molecule has 0 radical (unpaired) electrons. The van der Waals surface area contributed by atoms with Crippen molar-refractivity contribution in [2.45, 2.75) is 20.0 Å². The van der Waals surface area contributed by atoms with Gasteiger partial charge in [0.1, 0.15) is 5.75 Å². The average Bonchev–Trinajstić information content (AvgIpc) is 3.32. The number of hydrogen-bond acceptors (Lipinski definition) is 5. The normalized spacial score (nSPS) is 11.4. The first kappa shape index (κ1) is 25.7. The van der Waals surface area contributed by atoms with Crippen LogP contribution in [-0.2, 0) is 6.18 Å². The molecule has 192 valence electrons. The molecule has 3 aromatic carbocycles. The van der Waals surface area contributed by atoms with Gasteiger partial charge in [-0.3, -0.25) is 4.79 Å². The minimum atomic E-state index is -4.51. The largest absolute Gasteiger partial charge is 0.497 e. The summed E-state index contributed by atoms with van der Waals surface area (Å²) in [5, 5.41) is 7.21. The van der Waals surface area contributed by atoms with Gasteiger partial charge in [-0.1, -0.05) is 32.0 Å². The van der Waals surface area contributed by atoms with Crippen molar-refractivity contribution in [1.82, 2.24) is 14.8 Å². The van der Waals surface area contributed by atoms with Gasteiger partial charge in [0.05, 0.1) is 25.0 Å². The van der Waals surface area contributed by atoms with Crippen molar-refractivity contribution in [3.05, 3.63) is 83.9 Å². The van der Waals surface area contributed by atoms with Crippen molar-refractivity contribution in [2.24, 2.45) is 5.92 Å². The molecule has 1 heterocycles. The lowest BCUT2D eigenvalue weighted by Crippen LogP contribution is -2.12. The Balaban J connectivity index is 1.69. The fourth-order valence-corrected chi connectivity index (χ4v) is 3.46. The highest BCUT2D eigenvalue weighted by Gasteiger charge is 2.31. The molecule has 7 nitrogen and oxygen atoms in total. The third-order valence-electron chi connectivity index (χ3n) is 5.28. The predicted molar refractivity (Wildman–Crippen MR) is 133 cm³/mol. The first-order chi connectivity index (χ1) is 17.6. The molecular weight excluding hydrogens is 485 g/mol. The second-order valence-electron chi connectivity index (χ2n) is 8.65. The number of halogens is 3. The van der Waals surface area contributed by atoms with Gasteiger partial charge in [0.2, 0.25) is 0 Å². The second kappa shape index (κ2) is 10.7. The molecule has 0 unspecified atom stereocenters. The first-order valence-electron chi connectivity index (χ1n) is 11.5. The van der Waals surface area contributed by atoms with E-state index in [4.69, 9.17) is 9.47 Å². The van der Waals surface area contributed by atoms with Gasteiger partial charge < -0.3 is 14.8 Å². The van der Waals surface area contributed by atoms with E-state index >= 15 is 0 Å². The van der Waals surface area contributed by atoms with Gasteiger partial charge in [0.15, 0.2) is 5.82 Å². The highest BCUT2D eigenvalue weighted by atomic mass is 19.4. The Hall–Kier alpha value is -4.34. The summed E-state index contributed by atoms with van der Waals surface area (Å²) in [5.74, 6) is 0.656. The number of nitrogens with zero attached hydrogens (tertiary/aromatic N) is 3. The Labute approximate surface area is 211 Å². The van der Waals surface area contributed by atoms with Gasteiger partial charge in [-0.05, 0) is 60.5 Å². The van der Waals surface area contributed by atoms with E-state index in [1.165, 1.54) is 23.9 Å². The van der Waals surface area contributed by atoms with Crippen molar-refractivity contribution in [2.75, 3.05) is 19.0 Å². The minimum absolute atomic E-state index is 0.0359. The zero-order valence-electron chi connectivity index (χ0n) is 20.4. The van der Waals surface area contributed by atoms with Crippen LogP contribution in [0.15, 0.2) is 72.8 Å². The van der Waals surface area contributed by atoms with Gasteiger partial charge in [-0.25, -0.2) is 4.68 Å². The number of ether oxygens (including phenoxy) is 2. The van der Waals surface area contributed by atoms with E-state index in [9.17, 15) is 18.0 Å². The van der Waals surface area contributed by atoms with Gasteiger partial charge in [0, 0.05) is 16.8 Å². The number of aromatic nitrogens is 3. The molecule has 0 saturated carbocycles. The fourth-order valence-electron chi connectivity index (χ4n) is 3.46. The van der Waals surface area contributed by atoms with Crippen LogP contribution in [0.5, 0.6) is 11.8 Å². The average molecular weight is 511 g/mol. The number of rotatable bonds is 8. The lowest BCUT2D eigenvalue weighted by atomic mass is 10.1. The molecule has 0 saturated heterocycles. The lowest BCUT2D eigenvalue weighted by molar-refractivity contribution is -0.137. The summed E-state index contributed by atoms with van der Waals surface area (Å²) in [5.41, 5.74) is 0.792. The third-order valence-corrected chi connectivity index (χ3v) is 5.28. The summed E-state index contributed by atoms with van der Waals surface area (Å²) < 4.78 is 52.3. The first-order valence-corrected chi connectivity index (χ1v) is 11.5. The molecule has 0 aliphatic heterocycles. The zero-order chi connectivity index (χ0) is 26.6. The van der Waals surface area contributed by atoms with Crippen LogP contribution in [0.1, 0.15) is 29.8 Å². The molecule has 37 heavy (non-hydrogen) atoms. The van der Waals surface area contributed by atoms with Crippen LogP contribution in [0, 0.1) is 5.92 Å². The molecule has 0 fully saturated rings. The van der Waals surface area contributed by atoms with Gasteiger partial charge in [-0.2, -0.15) is 18.2 Å². The fraction of sp³-hybridized carbons (Fsp3) is 0.222. The Morgan fingerprint density at radius 1 is 1.03 bits per heavy atom. The molecule has 1 N–H and O–H groups in total. The van der Waals surface area contributed by atoms with E-state index in [0.717, 1.165) is 12.1 Å². The Kier molecular flexibility index (Phi) is 7.47. The Morgan fingerprint density at radius 2 is 1.76 bits per heavy atom. The molecule has 0 aliphatic rings. The summed E-state index contributed by atoms with van der Waals surface area (Å²) in [6.07, 6.45) is -4.51. The third kappa shape index (κ3) is 6.27. The SMILES string of the molecule is COc1ccc(C(=O)Nc2cccc(-n3nc(OCC(C)C)nc3-c3cccc(C(F)(F)F)c3)c2)cc1. The topological polar surface area (TPSA) is 78.3 Å². The molecular formula is C27H25F3N4O3. The maximum Gasteiger partial charge on any atom is 0.416 e. The van der Waals surface area contributed by atoms with Gasteiger partial charge >= 0.3 is 12.2 Å². The van der Waals surface area contributed by atoms with Crippen molar-refractivity contribution in [3.8, 4) is 28.8 Å². The molecule has 10 heteroatoms. The van der Waals surface area contributed by atoms with Crippen molar-refractivity contribution in [1.29, 1.82) is 0 Å². The van der Waals surface area contributed by atoms with Gasteiger partial charge in [0.25, 0.3) is 5.91 Å². The maximum absolute atomic E-state index is 13.4. The molecule has 1 aromatic heterocycles. The van der Waals surface area contributed by atoms with E-state index in [0.29, 0.717) is 29.3 Å². The van der Waals surface area contributed by atoms with Crippen LogP contribution in [0.3, 0.4) is 0 Å². The molecule has 4 rings (SSSR count). The number of carbonyl (C=O) groups excluding carboxylic acids is 1. The van der Waals surface area contributed by atoms with E-state index in [2.05, 4.69) is 15.4 Å². The Bertz CT molecular complexity index is 1380.